The van der Waals surface area contributed by atoms with Gasteiger partial charge in [0, 0.05) is 35.7 Å². The van der Waals surface area contributed by atoms with Crippen LogP contribution in [0.1, 0.15) is 0 Å². The average Bonchev–Trinajstić information content (AvgIpc) is 2.41. The second-order valence-electron chi connectivity index (χ2n) is 3.77. The van der Waals surface area contributed by atoms with Crippen molar-refractivity contribution < 1.29 is 0 Å². The van der Waals surface area contributed by atoms with Crippen LogP contribution in [0.3, 0.4) is 0 Å². The van der Waals surface area contributed by atoms with Gasteiger partial charge in [0.1, 0.15) is 0 Å². The predicted molar refractivity (Wildman–Crippen MR) is 67.3 cm³/mol. The van der Waals surface area contributed by atoms with Crippen molar-refractivity contribution >= 4 is 10.9 Å². The average molecular weight is 222 g/mol. The van der Waals surface area contributed by atoms with Gasteiger partial charge in [0.05, 0.1) is 5.52 Å². The van der Waals surface area contributed by atoms with E-state index < -0.39 is 0 Å². The van der Waals surface area contributed by atoms with Crippen LogP contribution in [0.2, 0.25) is 0 Å². The fraction of sp³-hybridized carbons (Fsp3) is 0. The number of hydrogen-bond donors (Lipinski definition) is 0. The molecule has 0 amide bonds. The molecule has 3 rings (SSSR count). The Kier molecular flexibility index (Phi) is 2.22. The van der Waals surface area contributed by atoms with Crippen LogP contribution in [-0.4, -0.2) is 9.55 Å². The SMILES string of the molecule is O=c1ccn(-c2ccncc2)c2ccccc12. The number of para-hydroxylation sites is 1. The highest BCUT2D eigenvalue weighted by Crippen LogP contribution is 2.14. The van der Waals surface area contributed by atoms with Crippen molar-refractivity contribution in [3.8, 4) is 5.69 Å². The van der Waals surface area contributed by atoms with Crippen LogP contribution in [0.25, 0.3) is 16.6 Å². The largest absolute Gasteiger partial charge is 0.316 e. The topological polar surface area (TPSA) is 34.9 Å². The summed E-state index contributed by atoms with van der Waals surface area (Å²) in [6.45, 7) is 0. The van der Waals surface area contributed by atoms with Crippen molar-refractivity contribution in [3.63, 3.8) is 0 Å². The summed E-state index contributed by atoms with van der Waals surface area (Å²) < 4.78 is 1.98. The number of aromatic nitrogens is 2. The molecule has 0 atom stereocenters. The molecule has 0 aliphatic heterocycles. The van der Waals surface area contributed by atoms with E-state index in [4.69, 9.17) is 0 Å². The van der Waals surface area contributed by atoms with Gasteiger partial charge in [0.2, 0.25) is 0 Å². The van der Waals surface area contributed by atoms with Crippen LogP contribution >= 0.6 is 0 Å². The third-order valence-corrected chi connectivity index (χ3v) is 2.74. The van der Waals surface area contributed by atoms with Gasteiger partial charge in [-0.1, -0.05) is 12.1 Å². The second-order valence-corrected chi connectivity index (χ2v) is 3.77. The van der Waals surface area contributed by atoms with Gasteiger partial charge in [-0.15, -0.1) is 0 Å². The van der Waals surface area contributed by atoms with Crippen LogP contribution in [0.4, 0.5) is 0 Å². The van der Waals surface area contributed by atoms with Crippen LogP contribution in [0.15, 0.2) is 65.8 Å². The molecule has 0 aliphatic rings. The molecule has 17 heavy (non-hydrogen) atoms. The lowest BCUT2D eigenvalue weighted by molar-refractivity contribution is 1.09. The zero-order chi connectivity index (χ0) is 11.7. The second kappa shape index (κ2) is 3.87. The molecule has 0 fully saturated rings. The van der Waals surface area contributed by atoms with E-state index in [1.807, 2.05) is 41.0 Å². The van der Waals surface area contributed by atoms with Crippen LogP contribution < -0.4 is 5.43 Å². The molecule has 2 heterocycles. The first-order chi connectivity index (χ1) is 8.36. The Hall–Kier alpha value is -2.42. The van der Waals surface area contributed by atoms with E-state index >= 15 is 0 Å². The molecule has 0 bridgehead atoms. The number of hydrogen-bond acceptors (Lipinski definition) is 2. The third-order valence-electron chi connectivity index (χ3n) is 2.74. The normalized spacial score (nSPS) is 10.6. The Bertz CT molecular complexity index is 717. The molecule has 1 aromatic carbocycles. The maximum Gasteiger partial charge on any atom is 0.189 e. The van der Waals surface area contributed by atoms with Crippen molar-refractivity contribution in [2.45, 2.75) is 0 Å². The highest BCUT2D eigenvalue weighted by molar-refractivity contribution is 5.80. The monoisotopic (exact) mass is 222 g/mol. The first kappa shape index (κ1) is 9.78. The van der Waals surface area contributed by atoms with Gasteiger partial charge >= 0.3 is 0 Å². The highest BCUT2D eigenvalue weighted by Gasteiger charge is 2.02. The molecule has 3 nitrogen and oxygen atoms in total. The Morgan fingerprint density at radius 3 is 2.53 bits per heavy atom. The fourth-order valence-electron chi connectivity index (χ4n) is 1.93. The Morgan fingerprint density at radius 2 is 1.71 bits per heavy atom. The zero-order valence-electron chi connectivity index (χ0n) is 9.08. The summed E-state index contributed by atoms with van der Waals surface area (Å²) in [4.78, 5) is 15.7. The quantitative estimate of drug-likeness (QED) is 0.633. The first-order valence-corrected chi connectivity index (χ1v) is 5.37. The molecule has 0 N–H and O–H groups in total. The van der Waals surface area contributed by atoms with E-state index in [0.29, 0.717) is 0 Å². The minimum absolute atomic E-state index is 0.0471. The van der Waals surface area contributed by atoms with Gasteiger partial charge in [0.15, 0.2) is 5.43 Å². The van der Waals surface area contributed by atoms with E-state index in [1.165, 1.54) is 0 Å². The first-order valence-electron chi connectivity index (χ1n) is 5.37. The Balaban J connectivity index is 2.39. The Morgan fingerprint density at radius 1 is 0.941 bits per heavy atom. The van der Waals surface area contributed by atoms with E-state index in [1.54, 1.807) is 24.7 Å². The van der Waals surface area contributed by atoms with Crippen LogP contribution in [0, 0.1) is 0 Å². The van der Waals surface area contributed by atoms with Gasteiger partial charge < -0.3 is 4.57 Å². The number of rotatable bonds is 1. The summed E-state index contributed by atoms with van der Waals surface area (Å²) in [5.41, 5.74) is 1.95. The molecule has 0 saturated carbocycles. The number of fused-ring (bicyclic) bond motifs is 1. The van der Waals surface area contributed by atoms with Gasteiger partial charge in [-0.25, -0.2) is 0 Å². The molecular formula is C14H10N2O. The lowest BCUT2D eigenvalue weighted by Crippen LogP contribution is -2.06. The van der Waals surface area contributed by atoms with Gasteiger partial charge in [-0.05, 0) is 24.3 Å². The van der Waals surface area contributed by atoms with E-state index in [2.05, 4.69) is 4.98 Å². The van der Waals surface area contributed by atoms with Gasteiger partial charge in [0.25, 0.3) is 0 Å². The number of benzene rings is 1. The standard InChI is InChI=1S/C14H10N2O/c17-14-7-10-16(11-5-8-15-9-6-11)13-4-2-1-3-12(13)14/h1-10H. The fourth-order valence-corrected chi connectivity index (χ4v) is 1.93. The van der Waals surface area contributed by atoms with E-state index in [-0.39, 0.29) is 5.43 Å². The summed E-state index contributed by atoms with van der Waals surface area (Å²) in [6, 6.07) is 13.0. The summed E-state index contributed by atoms with van der Waals surface area (Å²) >= 11 is 0. The molecule has 2 aromatic heterocycles. The van der Waals surface area contributed by atoms with Gasteiger partial charge in [-0.3, -0.25) is 9.78 Å². The van der Waals surface area contributed by atoms with E-state index in [0.717, 1.165) is 16.6 Å². The molecule has 82 valence electrons. The summed E-state index contributed by atoms with van der Waals surface area (Å²) in [5.74, 6) is 0. The molecule has 3 heteroatoms. The maximum atomic E-state index is 11.7. The van der Waals surface area contributed by atoms with Crippen molar-refractivity contribution in [2.75, 3.05) is 0 Å². The van der Waals surface area contributed by atoms with Crippen molar-refractivity contribution in [2.24, 2.45) is 0 Å². The molecular weight excluding hydrogens is 212 g/mol. The molecule has 0 saturated heterocycles. The smallest absolute Gasteiger partial charge is 0.189 e. The number of pyridine rings is 2. The minimum atomic E-state index is 0.0471. The third kappa shape index (κ3) is 1.61. The minimum Gasteiger partial charge on any atom is -0.316 e. The predicted octanol–water partition coefficient (Wildman–Crippen LogP) is 2.39. The number of nitrogens with zero attached hydrogens (tertiary/aromatic N) is 2. The summed E-state index contributed by atoms with van der Waals surface area (Å²) in [7, 11) is 0. The molecule has 3 aromatic rings. The summed E-state index contributed by atoms with van der Waals surface area (Å²) in [5, 5.41) is 0.729. The van der Waals surface area contributed by atoms with Crippen LogP contribution in [0.5, 0.6) is 0 Å². The highest BCUT2D eigenvalue weighted by atomic mass is 16.1. The van der Waals surface area contributed by atoms with Crippen LogP contribution in [-0.2, 0) is 0 Å². The lowest BCUT2D eigenvalue weighted by atomic mass is 10.2. The molecule has 0 radical (unpaired) electrons. The molecule has 0 spiro atoms. The van der Waals surface area contributed by atoms with E-state index in [9.17, 15) is 4.79 Å². The lowest BCUT2D eigenvalue weighted by Gasteiger charge is -2.09. The maximum absolute atomic E-state index is 11.7. The van der Waals surface area contributed by atoms with Crippen molar-refractivity contribution in [1.82, 2.24) is 9.55 Å². The molecule has 0 unspecified atom stereocenters. The summed E-state index contributed by atoms with van der Waals surface area (Å²) in [6.07, 6.45) is 5.27. The van der Waals surface area contributed by atoms with Crippen molar-refractivity contribution in [1.29, 1.82) is 0 Å². The zero-order valence-corrected chi connectivity index (χ0v) is 9.08. The molecule has 0 aliphatic carbocycles. The van der Waals surface area contributed by atoms with Gasteiger partial charge in [-0.2, -0.15) is 0 Å². The van der Waals surface area contributed by atoms with Crippen molar-refractivity contribution in [3.05, 3.63) is 71.3 Å². The Labute approximate surface area is 98.0 Å².